The summed E-state index contributed by atoms with van der Waals surface area (Å²) in [6.45, 7) is 3.96. The maximum atomic E-state index is 12.8. The van der Waals surface area contributed by atoms with Gasteiger partial charge in [0.25, 0.3) is 0 Å². The Balaban J connectivity index is 1.68. The van der Waals surface area contributed by atoms with Gasteiger partial charge in [0.2, 0.25) is 15.9 Å². The van der Waals surface area contributed by atoms with E-state index in [9.17, 15) is 13.2 Å². The molecule has 1 aromatic carbocycles. The molecule has 2 atom stereocenters. The minimum absolute atomic E-state index is 0.0864. The summed E-state index contributed by atoms with van der Waals surface area (Å²) in [7, 11) is -1.86. The Hall–Kier alpha value is -1.44. The van der Waals surface area contributed by atoms with Crippen LogP contribution < -0.4 is 10.5 Å². The number of hydrogen-bond acceptors (Lipinski definition) is 4. The molecule has 2 fully saturated rings. The number of nitrogens with two attached hydrogens (primary N) is 1. The van der Waals surface area contributed by atoms with Crippen LogP contribution in [0.25, 0.3) is 0 Å². The van der Waals surface area contributed by atoms with E-state index in [0.29, 0.717) is 0 Å². The monoisotopic (exact) mass is 351 g/mol. The lowest BCUT2D eigenvalue weighted by Gasteiger charge is -2.28. The first-order chi connectivity index (χ1) is 11.2. The Kier molecular flexibility index (Phi) is 4.44. The van der Waals surface area contributed by atoms with Gasteiger partial charge in [-0.05, 0) is 62.4 Å². The molecule has 2 unspecified atom stereocenters. The number of carbonyl (C=O) groups is 1. The van der Waals surface area contributed by atoms with E-state index in [2.05, 4.69) is 5.32 Å². The molecule has 1 amide bonds. The number of primary sulfonamides is 1. The quantitative estimate of drug-likeness (QED) is 0.854. The lowest BCUT2D eigenvalue weighted by atomic mass is 9.91. The summed E-state index contributed by atoms with van der Waals surface area (Å²) in [5, 5.41) is 8.47. The van der Waals surface area contributed by atoms with Crippen molar-refractivity contribution in [3.8, 4) is 0 Å². The van der Waals surface area contributed by atoms with Gasteiger partial charge in [-0.2, -0.15) is 0 Å². The van der Waals surface area contributed by atoms with Crippen LogP contribution in [0.5, 0.6) is 0 Å². The summed E-state index contributed by atoms with van der Waals surface area (Å²) < 4.78 is 22.7. The van der Waals surface area contributed by atoms with Crippen molar-refractivity contribution in [2.24, 2.45) is 16.5 Å². The van der Waals surface area contributed by atoms with E-state index >= 15 is 0 Å². The Morgan fingerprint density at radius 3 is 2.42 bits per heavy atom. The topological polar surface area (TPSA) is 92.5 Å². The Bertz CT molecular complexity index is 724. The third-order valence-electron chi connectivity index (χ3n) is 5.71. The summed E-state index contributed by atoms with van der Waals surface area (Å²) in [5.74, 6) is 0.329. The minimum atomic E-state index is -3.69. The van der Waals surface area contributed by atoms with Crippen molar-refractivity contribution in [1.82, 2.24) is 10.2 Å². The first kappa shape index (κ1) is 17.4. The molecule has 3 rings (SSSR count). The largest absolute Gasteiger partial charge is 0.339 e. The highest BCUT2D eigenvalue weighted by Gasteiger charge is 2.58. The number of rotatable bonds is 4. The number of piperidine rings is 1. The number of hydrogen-bond donors (Lipinski definition) is 2. The van der Waals surface area contributed by atoms with Gasteiger partial charge in [0, 0.05) is 13.0 Å². The number of nitrogens with one attached hydrogen (secondary N) is 1. The molecule has 24 heavy (non-hydrogen) atoms. The standard InChI is InChI=1S/C17H25N3O3S/c1-12(13-3-5-14(6-4-13)24(18,22)23)20(2)16(21)15-11-17(15)7-9-19-10-8-17/h3-6,12,15,19H,7-11H2,1-2H3,(H2,18,22,23). The van der Waals surface area contributed by atoms with Gasteiger partial charge >= 0.3 is 0 Å². The molecule has 3 N–H and O–H groups in total. The molecule has 7 heteroatoms. The van der Waals surface area contributed by atoms with Crippen LogP contribution in [0.15, 0.2) is 29.2 Å². The fourth-order valence-electron chi connectivity index (χ4n) is 3.77. The highest BCUT2D eigenvalue weighted by Crippen LogP contribution is 2.59. The summed E-state index contributed by atoms with van der Waals surface area (Å²) in [6, 6.07) is 6.32. The highest BCUT2D eigenvalue weighted by molar-refractivity contribution is 7.89. The van der Waals surface area contributed by atoms with E-state index in [1.54, 1.807) is 17.0 Å². The minimum Gasteiger partial charge on any atom is -0.339 e. The van der Waals surface area contributed by atoms with E-state index in [0.717, 1.165) is 37.9 Å². The van der Waals surface area contributed by atoms with E-state index in [1.807, 2.05) is 14.0 Å². The van der Waals surface area contributed by atoms with E-state index in [1.165, 1.54) is 12.1 Å². The normalized spacial score (nSPS) is 23.7. The fraction of sp³-hybridized carbons (Fsp3) is 0.588. The molecule has 0 aromatic heterocycles. The SMILES string of the molecule is CC(c1ccc(S(N)(=O)=O)cc1)N(C)C(=O)C1CC12CCNCC2. The Morgan fingerprint density at radius 2 is 1.88 bits per heavy atom. The van der Waals surface area contributed by atoms with Crippen LogP contribution in [-0.4, -0.2) is 39.4 Å². The predicted molar refractivity (Wildman–Crippen MR) is 91.6 cm³/mol. The van der Waals surface area contributed by atoms with Crippen molar-refractivity contribution >= 4 is 15.9 Å². The van der Waals surface area contributed by atoms with E-state index < -0.39 is 10.0 Å². The molecule has 2 aliphatic rings. The zero-order valence-corrected chi connectivity index (χ0v) is 15.0. The molecule has 1 saturated carbocycles. The Morgan fingerprint density at radius 1 is 1.29 bits per heavy atom. The van der Waals surface area contributed by atoms with Gasteiger partial charge in [-0.25, -0.2) is 13.6 Å². The van der Waals surface area contributed by atoms with Gasteiger partial charge in [-0.15, -0.1) is 0 Å². The van der Waals surface area contributed by atoms with Crippen molar-refractivity contribution in [1.29, 1.82) is 0 Å². The van der Waals surface area contributed by atoms with E-state index in [4.69, 9.17) is 5.14 Å². The first-order valence-electron chi connectivity index (χ1n) is 8.35. The summed E-state index contributed by atoms with van der Waals surface area (Å²) in [6.07, 6.45) is 3.15. The van der Waals surface area contributed by atoms with Gasteiger partial charge in [0.1, 0.15) is 0 Å². The summed E-state index contributed by atoms with van der Waals surface area (Å²) >= 11 is 0. The molecule has 1 aliphatic heterocycles. The van der Waals surface area contributed by atoms with Crippen LogP contribution in [0.4, 0.5) is 0 Å². The van der Waals surface area contributed by atoms with Crippen LogP contribution in [0.2, 0.25) is 0 Å². The third kappa shape index (κ3) is 3.20. The molecule has 1 aromatic rings. The van der Waals surface area contributed by atoms with Gasteiger partial charge in [0.15, 0.2) is 0 Å². The number of carbonyl (C=O) groups excluding carboxylic acids is 1. The van der Waals surface area contributed by atoms with Crippen LogP contribution in [-0.2, 0) is 14.8 Å². The van der Waals surface area contributed by atoms with Crippen molar-refractivity contribution in [2.45, 2.75) is 37.1 Å². The van der Waals surface area contributed by atoms with Crippen LogP contribution >= 0.6 is 0 Å². The van der Waals surface area contributed by atoms with E-state index in [-0.39, 0.29) is 28.2 Å². The lowest BCUT2D eigenvalue weighted by molar-refractivity contribution is -0.134. The summed E-state index contributed by atoms with van der Waals surface area (Å²) in [5.41, 5.74) is 1.12. The zero-order valence-electron chi connectivity index (χ0n) is 14.2. The molecule has 1 spiro atoms. The first-order valence-corrected chi connectivity index (χ1v) is 9.89. The maximum absolute atomic E-state index is 12.8. The average Bonchev–Trinajstić information content (AvgIpc) is 3.25. The molecular formula is C17H25N3O3S. The zero-order chi connectivity index (χ0) is 17.5. The number of amides is 1. The highest BCUT2D eigenvalue weighted by atomic mass is 32.2. The van der Waals surface area contributed by atoms with Crippen molar-refractivity contribution in [2.75, 3.05) is 20.1 Å². The molecule has 1 aliphatic carbocycles. The van der Waals surface area contributed by atoms with Gasteiger partial charge < -0.3 is 10.2 Å². The van der Waals surface area contributed by atoms with Gasteiger partial charge in [-0.3, -0.25) is 4.79 Å². The summed E-state index contributed by atoms with van der Waals surface area (Å²) in [4.78, 5) is 14.7. The lowest BCUT2D eigenvalue weighted by Crippen LogP contribution is -2.35. The molecule has 6 nitrogen and oxygen atoms in total. The van der Waals surface area contributed by atoms with Crippen molar-refractivity contribution in [3.05, 3.63) is 29.8 Å². The fourth-order valence-corrected chi connectivity index (χ4v) is 4.29. The number of benzene rings is 1. The number of sulfonamides is 1. The van der Waals surface area contributed by atoms with Gasteiger partial charge in [0.05, 0.1) is 10.9 Å². The third-order valence-corrected chi connectivity index (χ3v) is 6.64. The average molecular weight is 351 g/mol. The second-order valence-corrected chi connectivity index (χ2v) is 8.67. The molecule has 1 heterocycles. The van der Waals surface area contributed by atoms with Crippen LogP contribution in [0.1, 0.15) is 37.8 Å². The number of nitrogens with zero attached hydrogens (tertiary/aromatic N) is 1. The Labute approximate surface area is 143 Å². The molecule has 0 radical (unpaired) electrons. The molecule has 1 saturated heterocycles. The van der Waals surface area contributed by atoms with Gasteiger partial charge in [-0.1, -0.05) is 12.1 Å². The second kappa shape index (κ2) is 6.13. The van der Waals surface area contributed by atoms with Crippen molar-refractivity contribution in [3.63, 3.8) is 0 Å². The van der Waals surface area contributed by atoms with Crippen LogP contribution in [0, 0.1) is 11.3 Å². The maximum Gasteiger partial charge on any atom is 0.238 e. The molecular weight excluding hydrogens is 326 g/mol. The van der Waals surface area contributed by atoms with Crippen molar-refractivity contribution < 1.29 is 13.2 Å². The predicted octanol–water partition coefficient (Wildman–Crippen LogP) is 1.24. The second-order valence-electron chi connectivity index (χ2n) is 7.11. The molecule has 0 bridgehead atoms. The molecule has 132 valence electrons. The van der Waals surface area contributed by atoms with Crippen LogP contribution in [0.3, 0.4) is 0 Å². The smallest absolute Gasteiger partial charge is 0.238 e.